The lowest BCUT2D eigenvalue weighted by Gasteiger charge is -2.17. The lowest BCUT2D eigenvalue weighted by molar-refractivity contribution is -0.143. The Balaban J connectivity index is 2.81. The number of amides is 1. The first kappa shape index (κ1) is 15.5. The van der Waals surface area contributed by atoms with Crippen molar-refractivity contribution >= 4 is 11.9 Å². The van der Waals surface area contributed by atoms with Crippen molar-refractivity contribution in [2.75, 3.05) is 7.11 Å². The maximum atomic E-state index is 12.0. The first-order chi connectivity index (χ1) is 9.47. The molecule has 1 aromatic carbocycles. The van der Waals surface area contributed by atoms with Gasteiger partial charge in [-0.25, -0.2) is 4.79 Å². The van der Waals surface area contributed by atoms with Crippen LogP contribution in [0.2, 0.25) is 0 Å². The molecule has 0 fully saturated rings. The third kappa shape index (κ3) is 4.28. The van der Waals surface area contributed by atoms with E-state index < -0.39 is 23.8 Å². The molecule has 0 unspecified atom stereocenters. The summed E-state index contributed by atoms with van der Waals surface area (Å²) in [5.41, 5.74) is 0.225. The van der Waals surface area contributed by atoms with Crippen LogP contribution in [0.4, 0.5) is 0 Å². The van der Waals surface area contributed by atoms with Crippen LogP contribution in [0.5, 0.6) is 5.75 Å². The summed E-state index contributed by atoms with van der Waals surface area (Å²) in [6.45, 7) is 1.65. The molecule has 0 aliphatic carbocycles. The zero-order valence-corrected chi connectivity index (χ0v) is 11.3. The summed E-state index contributed by atoms with van der Waals surface area (Å²) in [4.78, 5) is 23.6. The van der Waals surface area contributed by atoms with E-state index in [1.807, 2.05) is 6.07 Å². The summed E-state index contributed by atoms with van der Waals surface area (Å²) in [5, 5.41) is 20.6. The molecule has 0 aliphatic heterocycles. The number of ether oxygens (including phenoxy) is 1. The third-order valence-corrected chi connectivity index (χ3v) is 2.71. The molecular formula is C14H16N2O4. The summed E-state index contributed by atoms with van der Waals surface area (Å²) >= 11 is 0. The van der Waals surface area contributed by atoms with Crippen molar-refractivity contribution in [2.45, 2.75) is 19.4 Å². The van der Waals surface area contributed by atoms with E-state index in [1.165, 1.54) is 31.4 Å². The van der Waals surface area contributed by atoms with Gasteiger partial charge in [0.2, 0.25) is 0 Å². The molecule has 0 spiro atoms. The Morgan fingerprint density at radius 2 is 2.20 bits per heavy atom. The Labute approximate surface area is 117 Å². The third-order valence-electron chi connectivity index (χ3n) is 2.71. The number of nitrogens with zero attached hydrogens (tertiary/aromatic N) is 1. The molecule has 0 aromatic heterocycles. The van der Waals surface area contributed by atoms with Crippen LogP contribution < -0.4 is 5.32 Å². The Kier molecular flexibility index (Phi) is 5.54. The minimum absolute atomic E-state index is 0.0438. The Morgan fingerprint density at radius 1 is 1.50 bits per heavy atom. The average Bonchev–Trinajstić information content (AvgIpc) is 2.45. The quantitative estimate of drug-likeness (QED) is 0.787. The molecule has 0 saturated heterocycles. The van der Waals surface area contributed by atoms with E-state index in [-0.39, 0.29) is 17.7 Å². The van der Waals surface area contributed by atoms with E-state index in [9.17, 15) is 14.7 Å². The van der Waals surface area contributed by atoms with Crippen LogP contribution in [0.3, 0.4) is 0 Å². The van der Waals surface area contributed by atoms with Gasteiger partial charge in [0.1, 0.15) is 11.8 Å². The van der Waals surface area contributed by atoms with Crippen molar-refractivity contribution in [3.05, 3.63) is 29.8 Å². The molecule has 106 valence electrons. The fourth-order valence-electron chi connectivity index (χ4n) is 1.65. The minimum Gasteiger partial charge on any atom is -0.508 e. The van der Waals surface area contributed by atoms with Crippen molar-refractivity contribution in [2.24, 2.45) is 5.92 Å². The van der Waals surface area contributed by atoms with Crippen LogP contribution in [0.25, 0.3) is 0 Å². The van der Waals surface area contributed by atoms with E-state index in [0.29, 0.717) is 0 Å². The number of methoxy groups -OCH3 is 1. The van der Waals surface area contributed by atoms with Gasteiger partial charge in [0.25, 0.3) is 5.91 Å². The molecule has 0 bridgehead atoms. The molecule has 2 atom stereocenters. The molecule has 0 radical (unpaired) electrons. The molecule has 6 nitrogen and oxygen atoms in total. The first-order valence-electron chi connectivity index (χ1n) is 6.05. The fraction of sp³-hybridized carbons (Fsp3) is 0.357. The average molecular weight is 276 g/mol. The second-order valence-electron chi connectivity index (χ2n) is 4.37. The summed E-state index contributed by atoms with van der Waals surface area (Å²) in [6, 6.07) is 6.86. The number of benzene rings is 1. The van der Waals surface area contributed by atoms with E-state index in [0.717, 1.165) is 0 Å². The van der Waals surface area contributed by atoms with Crippen LogP contribution in [0.15, 0.2) is 24.3 Å². The Hall–Kier alpha value is -2.55. The molecule has 20 heavy (non-hydrogen) atoms. The number of rotatable bonds is 5. The van der Waals surface area contributed by atoms with Gasteiger partial charge >= 0.3 is 5.97 Å². The minimum atomic E-state index is -0.899. The SMILES string of the molecule is COC(=O)[C@H](C[C@H](C)C#N)NC(=O)c1cccc(O)c1. The fourth-order valence-corrected chi connectivity index (χ4v) is 1.65. The summed E-state index contributed by atoms with van der Waals surface area (Å²) < 4.78 is 4.61. The molecule has 1 rings (SSSR count). The number of hydrogen-bond acceptors (Lipinski definition) is 5. The number of carbonyl (C=O) groups is 2. The van der Waals surface area contributed by atoms with Crippen molar-refractivity contribution in [3.63, 3.8) is 0 Å². The van der Waals surface area contributed by atoms with Crippen LogP contribution >= 0.6 is 0 Å². The van der Waals surface area contributed by atoms with Gasteiger partial charge in [-0.3, -0.25) is 4.79 Å². The molecule has 0 aliphatic rings. The first-order valence-corrected chi connectivity index (χ1v) is 6.05. The van der Waals surface area contributed by atoms with Gasteiger partial charge in [-0.2, -0.15) is 5.26 Å². The predicted octanol–water partition coefficient (Wildman–Crippen LogP) is 1.21. The molecule has 6 heteroatoms. The summed E-state index contributed by atoms with van der Waals surface area (Å²) in [7, 11) is 1.22. The van der Waals surface area contributed by atoms with Gasteiger partial charge in [-0.1, -0.05) is 6.07 Å². The van der Waals surface area contributed by atoms with Gasteiger partial charge in [0.05, 0.1) is 13.2 Å². The number of esters is 1. The van der Waals surface area contributed by atoms with Gasteiger partial charge in [-0.15, -0.1) is 0 Å². The topological polar surface area (TPSA) is 99.4 Å². The zero-order chi connectivity index (χ0) is 15.1. The highest BCUT2D eigenvalue weighted by Crippen LogP contribution is 2.12. The number of aromatic hydroxyl groups is 1. The Morgan fingerprint density at radius 3 is 2.75 bits per heavy atom. The number of carbonyl (C=O) groups excluding carboxylic acids is 2. The largest absolute Gasteiger partial charge is 0.508 e. The molecule has 0 saturated carbocycles. The number of phenols is 1. The van der Waals surface area contributed by atoms with Crippen molar-refractivity contribution in [1.29, 1.82) is 5.26 Å². The second-order valence-corrected chi connectivity index (χ2v) is 4.37. The van der Waals surface area contributed by atoms with Gasteiger partial charge in [0, 0.05) is 11.5 Å². The number of hydrogen-bond donors (Lipinski definition) is 2. The monoisotopic (exact) mass is 276 g/mol. The van der Waals surface area contributed by atoms with Crippen molar-refractivity contribution in [1.82, 2.24) is 5.32 Å². The lowest BCUT2D eigenvalue weighted by Crippen LogP contribution is -2.42. The van der Waals surface area contributed by atoms with Crippen LogP contribution in [0.1, 0.15) is 23.7 Å². The van der Waals surface area contributed by atoms with Crippen LogP contribution in [0, 0.1) is 17.2 Å². The van der Waals surface area contributed by atoms with E-state index >= 15 is 0 Å². The molecule has 1 aromatic rings. The Bertz CT molecular complexity index is 536. The summed E-state index contributed by atoms with van der Waals surface area (Å²) in [5.74, 6) is -1.57. The highest BCUT2D eigenvalue weighted by Gasteiger charge is 2.24. The molecule has 2 N–H and O–H groups in total. The maximum absolute atomic E-state index is 12.0. The normalized spacial score (nSPS) is 12.8. The van der Waals surface area contributed by atoms with Crippen molar-refractivity contribution in [3.8, 4) is 11.8 Å². The van der Waals surface area contributed by atoms with Gasteiger partial charge in [-0.05, 0) is 31.5 Å². The smallest absolute Gasteiger partial charge is 0.328 e. The molecule has 0 heterocycles. The molecular weight excluding hydrogens is 260 g/mol. The highest BCUT2D eigenvalue weighted by molar-refractivity contribution is 5.97. The predicted molar refractivity (Wildman–Crippen MR) is 70.8 cm³/mol. The zero-order valence-electron chi connectivity index (χ0n) is 11.3. The van der Waals surface area contributed by atoms with E-state index in [2.05, 4.69) is 10.1 Å². The highest BCUT2D eigenvalue weighted by atomic mass is 16.5. The van der Waals surface area contributed by atoms with Crippen molar-refractivity contribution < 1.29 is 19.4 Å². The van der Waals surface area contributed by atoms with Crippen LogP contribution in [-0.2, 0) is 9.53 Å². The maximum Gasteiger partial charge on any atom is 0.328 e. The van der Waals surface area contributed by atoms with Crippen LogP contribution in [-0.4, -0.2) is 30.1 Å². The van der Waals surface area contributed by atoms with E-state index in [4.69, 9.17) is 5.26 Å². The number of nitrogens with one attached hydrogen (secondary N) is 1. The second kappa shape index (κ2) is 7.14. The lowest BCUT2D eigenvalue weighted by atomic mass is 10.0. The van der Waals surface area contributed by atoms with Gasteiger partial charge < -0.3 is 15.2 Å². The summed E-state index contributed by atoms with van der Waals surface area (Å²) in [6.07, 6.45) is 0.160. The number of nitriles is 1. The number of phenolic OH excluding ortho intramolecular Hbond substituents is 1. The van der Waals surface area contributed by atoms with Gasteiger partial charge in [0.15, 0.2) is 0 Å². The standard InChI is InChI=1S/C14H16N2O4/c1-9(8-15)6-12(14(19)20-2)16-13(18)10-4-3-5-11(17)7-10/h3-5,7,9,12,17H,6H2,1-2H3,(H,16,18)/t9-,12-/m0/s1. The van der Waals surface area contributed by atoms with E-state index in [1.54, 1.807) is 6.92 Å². The molecule has 1 amide bonds.